The molecule has 2 fully saturated rings. The van der Waals surface area contributed by atoms with E-state index in [0.717, 1.165) is 21.3 Å². The van der Waals surface area contributed by atoms with Gasteiger partial charge in [-0.15, -0.1) is 0 Å². The first kappa shape index (κ1) is 19.0. The van der Waals surface area contributed by atoms with Crippen LogP contribution in [0.2, 0.25) is 0 Å². The molecule has 2 aliphatic rings. The van der Waals surface area contributed by atoms with Crippen LogP contribution < -0.4 is 9.96 Å². The maximum absolute atomic E-state index is 13.5. The Morgan fingerprint density at radius 1 is 0.800 bits per heavy atom. The number of halogens is 1. The lowest BCUT2D eigenvalue weighted by atomic mass is 9.90. The fraction of sp³-hybridized carbons (Fsp3) is 0.167. The molecule has 2 heterocycles. The number of anilines is 2. The first-order valence-corrected chi connectivity index (χ1v) is 10.5. The first-order valence-electron chi connectivity index (χ1n) is 9.75. The van der Waals surface area contributed by atoms with Crippen molar-refractivity contribution in [1.29, 1.82) is 0 Å². The van der Waals surface area contributed by atoms with Gasteiger partial charge in [-0.3, -0.25) is 14.4 Å². The molecule has 6 heteroatoms. The monoisotopic (exact) mass is 462 g/mol. The zero-order valence-electron chi connectivity index (χ0n) is 16.2. The molecule has 0 spiro atoms. The van der Waals surface area contributed by atoms with Crippen molar-refractivity contribution in [2.24, 2.45) is 5.92 Å². The Bertz CT molecular complexity index is 1100. The Morgan fingerprint density at radius 2 is 1.47 bits per heavy atom. The molecule has 0 aromatic heterocycles. The summed E-state index contributed by atoms with van der Waals surface area (Å²) >= 11 is 3.46. The zero-order chi connectivity index (χ0) is 20.8. The van der Waals surface area contributed by atoms with Crippen LogP contribution in [0.1, 0.15) is 17.2 Å². The highest BCUT2D eigenvalue weighted by atomic mass is 79.9. The van der Waals surface area contributed by atoms with E-state index in [2.05, 4.69) is 15.9 Å². The van der Waals surface area contributed by atoms with Gasteiger partial charge in [-0.1, -0.05) is 64.0 Å². The second-order valence-electron chi connectivity index (χ2n) is 7.56. The van der Waals surface area contributed by atoms with E-state index in [1.165, 1.54) is 4.90 Å². The summed E-state index contributed by atoms with van der Waals surface area (Å²) < 4.78 is 0.947. The van der Waals surface area contributed by atoms with E-state index in [0.29, 0.717) is 5.69 Å². The molecular formula is C24H19BrN2O3. The largest absolute Gasteiger partial charge is 0.273 e. The second-order valence-corrected chi connectivity index (χ2v) is 8.47. The van der Waals surface area contributed by atoms with Crippen molar-refractivity contribution in [3.05, 3.63) is 94.5 Å². The highest BCUT2D eigenvalue weighted by Crippen LogP contribution is 2.47. The zero-order valence-corrected chi connectivity index (χ0v) is 17.8. The molecule has 0 bridgehead atoms. The van der Waals surface area contributed by atoms with E-state index in [-0.39, 0.29) is 11.8 Å². The SMILES string of the molecule is Cc1ccc(N2C(=O)[C@H]3[C@H](ON(c4ccccc4)[C@H]3c3ccc(Br)cc3)C2=O)cc1. The summed E-state index contributed by atoms with van der Waals surface area (Å²) in [5.74, 6) is -1.19. The third-order valence-electron chi connectivity index (χ3n) is 5.63. The van der Waals surface area contributed by atoms with Crippen LogP contribution >= 0.6 is 15.9 Å². The minimum Gasteiger partial charge on any atom is -0.273 e. The number of fused-ring (bicyclic) bond motifs is 1. The van der Waals surface area contributed by atoms with Gasteiger partial charge in [-0.05, 0) is 48.9 Å². The Balaban J connectivity index is 1.58. The topological polar surface area (TPSA) is 49.9 Å². The van der Waals surface area contributed by atoms with Crippen LogP contribution in [0.4, 0.5) is 11.4 Å². The van der Waals surface area contributed by atoms with Gasteiger partial charge in [-0.25, -0.2) is 9.96 Å². The molecule has 2 aliphatic heterocycles. The van der Waals surface area contributed by atoms with Gasteiger partial charge in [0.25, 0.3) is 5.91 Å². The number of imide groups is 1. The Kier molecular flexibility index (Phi) is 4.68. The Labute approximate surface area is 183 Å². The third kappa shape index (κ3) is 3.04. The summed E-state index contributed by atoms with van der Waals surface area (Å²) in [4.78, 5) is 34.1. The molecule has 2 saturated heterocycles. The van der Waals surface area contributed by atoms with Gasteiger partial charge in [0.1, 0.15) is 5.92 Å². The molecule has 150 valence electrons. The van der Waals surface area contributed by atoms with Gasteiger partial charge < -0.3 is 0 Å². The summed E-state index contributed by atoms with van der Waals surface area (Å²) in [6.45, 7) is 1.97. The number of hydroxylamine groups is 1. The number of nitrogens with zero attached hydrogens (tertiary/aromatic N) is 2. The molecule has 3 aromatic rings. The van der Waals surface area contributed by atoms with Crippen molar-refractivity contribution < 1.29 is 14.4 Å². The smallest absolute Gasteiger partial charge is 0.266 e. The number of carbonyl (C=O) groups excluding carboxylic acids is 2. The molecule has 30 heavy (non-hydrogen) atoms. The van der Waals surface area contributed by atoms with Crippen molar-refractivity contribution in [1.82, 2.24) is 0 Å². The molecule has 0 saturated carbocycles. The number of carbonyl (C=O) groups is 2. The van der Waals surface area contributed by atoms with Crippen molar-refractivity contribution >= 4 is 39.1 Å². The van der Waals surface area contributed by atoms with E-state index < -0.39 is 18.1 Å². The second kappa shape index (κ2) is 7.38. The summed E-state index contributed by atoms with van der Waals surface area (Å²) in [6.07, 6.45) is -0.854. The van der Waals surface area contributed by atoms with E-state index >= 15 is 0 Å². The number of rotatable bonds is 3. The standard InChI is InChI=1S/C24H19BrN2O3/c1-15-7-13-18(14-8-15)26-23(28)20-21(16-9-11-17(25)12-10-16)27(30-22(20)24(26)29)19-5-3-2-4-6-19/h2-14,20-22H,1H3/t20-,21+,22+/m1/s1. The average Bonchev–Trinajstić information content (AvgIpc) is 3.27. The van der Waals surface area contributed by atoms with Crippen LogP contribution in [0.15, 0.2) is 83.3 Å². The first-order chi connectivity index (χ1) is 14.5. The normalized spacial score (nSPS) is 23.2. The predicted molar refractivity (Wildman–Crippen MR) is 118 cm³/mol. The molecule has 5 rings (SSSR count). The van der Waals surface area contributed by atoms with Crippen LogP contribution in [-0.2, 0) is 14.4 Å². The lowest BCUT2D eigenvalue weighted by Crippen LogP contribution is -2.37. The average molecular weight is 463 g/mol. The number of aryl methyl sites for hydroxylation is 1. The van der Waals surface area contributed by atoms with Gasteiger partial charge >= 0.3 is 0 Å². The molecular weight excluding hydrogens is 444 g/mol. The van der Waals surface area contributed by atoms with Crippen LogP contribution in [0, 0.1) is 12.8 Å². The molecule has 5 nitrogen and oxygen atoms in total. The fourth-order valence-electron chi connectivity index (χ4n) is 4.16. The summed E-state index contributed by atoms with van der Waals surface area (Å²) in [5.41, 5.74) is 3.37. The fourth-order valence-corrected chi connectivity index (χ4v) is 4.42. The molecule has 3 aromatic carbocycles. The molecule has 3 atom stereocenters. The third-order valence-corrected chi connectivity index (χ3v) is 6.16. The van der Waals surface area contributed by atoms with Gasteiger partial charge in [0.2, 0.25) is 5.91 Å². The summed E-state index contributed by atoms with van der Waals surface area (Å²) in [6, 6.07) is 24.4. The number of benzene rings is 3. The van der Waals surface area contributed by atoms with Gasteiger partial charge in [0.15, 0.2) is 6.10 Å². The quantitative estimate of drug-likeness (QED) is 0.524. The lowest BCUT2D eigenvalue weighted by Gasteiger charge is -2.28. The lowest BCUT2D eigenvalue weighted by molar-refractivity contribution is -0.126. The van der Waals surface area contributed by atoms with Crippen LogP contribution in [-0.4, -0.2) is 17.9 Å². The predicted octanol–water partition coefficient (Wildman–Crippen LogP) is 4.81. The molecule has 0 unspecified atom stereocenters. The number of amides is 2. The van der Waals surface area contributed by atoms with Crippen LogP contribution in [0.5, 0.6) is 0 Å². The van der Waals surface area contributed by atoms with E-state index in [1.807, 2.05) is 73.7 Å². The van der Waals surface area contributed by atoms with Gasteiger partial charge in [0, 0.05) is 4.47 Å². The summed E-state index contributed by atoms with van der Waals surface area (Å²) in [7, 11) is 0. The minimum absolute atomic E-state index is 0.236. The highest BCUT2D eigenvalue weighted by molar-refractivity contribution is 9.10. The molecule has 0 radical (unpaired) electrons. The number of hydrogen-bond donors (Lipinski definition) is 0. The van der Waals surface area contributed by atoms with Gasteiger partial charge in [0.05, 0.1) is 17.4 Å². The van der Waals surface area contributed by atoms with Crippen molar-refractivity contribution in [3.63, 3.8) is 0 Å². The Morgan fingerprint density at radius 3 is 2.13 bits per heavy atom. The highest BCUT2D eigenvalue weighted by Gasteiger charge is 2.60. The molecule has 2 amide bonds. The van der Waals surface area contributed by atoms with Gasteiger partial charge in [-0.2, -0.15) is 0 Å². The van der Waals surface area contributed by atoms with E-state index in [1.54, 1.807) is 17.2 Å². The molecule has 0 aliphatic carbocycles. The summed E-state index contributed by atoms with van der Waals surface area (Å²) in [5, 5.41) is 1.71. The maximum atomic E-state index is 13.5. The maximum Gasteiger partial charge on any atom is 0.266 e. The number of para-hydroxylation sites is 1. The van der Waals surface area contributed by atoms with E-state index in [4.69, 9.17) is 4.84 Å². The van der Waals surface area contributed by atoms with Crippen molar-refractivity contribution in [3.8, 4) is 0 Å². The van der Waals surface area contributed by atoms with Crippen molar-refractivity contribution in [2.75, 3.05) is 9.96 Å². The van der Waals surface area contributed by atoms with Crippen LogP contribution in [0.3, 0.4) is 0 Å². The van der Waals surface area contributed by atoms with E-state index in [9.17, 15) is 9.59 Å². The Hall–Kier alpha value is -2.96. The molecule has 0 N–H and O–H groups in total. The van der Waals surface area contributed by atoms with Crippen molar-refractivity contribution in [2.45, 2.75) is 19.1 Å². The number of hydrogen-bond acceptors (Lipinski definition) is 4. The minimum atomic E-state index is -0.854. The van der Waals surface area contributed by atoms with Crippen LogP contribution in [0.25, 0.3) is 0 Å².